The fourth-order valence-corrected chi connectivity index (χ4v) is 2.09. The molecule has 0 aliphatic heterocycles. The molecule has 20 heavy (non-hydrogen) atoms. The van der Waals surface area contributed by atoms with Crippen LogP contribution in [0.5, 0.6) is 0 Å². The van der Waals surface area contributed by atoms with Crippen LogP contribution in [0.1, 0.15) is 65.2 Å². The largest absolute Gasteiger partial charge is 0.231 e. The first-order chi connectivity index (χ1) is 9.19. The molecule has 0 spiro atoms. The van der Waals surface area contributed by atoms with Gasteiger partial charge >= 0.3 is 0 Å². The highest BCUT2D eigenvalue weighted by Crippen LogP contribution is 2.36. The van der Waals surface area contributed by atoms with Crippen LogP contribution in [0.4, 0.5) is 0 Å². The molecule has 0 aliphatic rings. The van der Waals surface area contributed by atoms with Gasteiger partial charge in [-0.3, -0.25) is 0 Å². The van der Waals surface area contributed by atoms with Gasteiger partial charge in [0.2, 0.25) is 0 Å². The molecule has 0 fully saturated rings. The van der Waals surface area contributed by atoms with Gasteiger partial charge in [-0.05, 0) is 18.6 Å². The maximum absolute atomic E-state index is 4.76. The Morgan fingerprint density at radius 1 is 1.20 bits per heavy atom. The molecule has 0 aromatic carbocycles. The molecule has 1 aromatic heterocycles. The molecule has 1 aromatic rings. The zero-order valence-corrected chi connectivity index (χ0v) is 13.7. The number of hydrogen-bond acceptors (Lipinski definition) is 2. The maximum atomic E-state index is 4.76. The van der Waals surface area contributed by atoms with Crippen LogP contribution in [0, 0.1) is 0 Å². The topological polar surface area (TPSA) is 30.2 Å². The van der Waals surface area contributed by atoms with Crippen LogP contribution in [0.15, 0.2) is 24.3 Å². The van der Waals surface area contributed by atoms with Crippen molar-refractivity contribution in [2.75, 3.05) is 0 Å². The Hall–Kier alpha value is -1.64. The van der Waals surface area contributed by atoms with Crippen LogP contribution in [-0.2, 0) is 10.8 Å². The van der Waals surface area contributed by atoms with Crippen LogP contribution >= 0.6 is 0 Å². The number of nitrogens with zero attached hydrogens (tertiary/aromatic N) is 3. The van der Waals surface area contributed by atoms with Crippen molar-refractivity contribution >= 4 is 12.3 Å². The SMILES string of the molecule is C=C/C=N\n1c(C=C)nc(C(C)(C)C)c1C(C)(C)CC. The third kappa shape index (κ3) is 3.09. The van der Waals surface area contributed by atoms with E-state index in [9.17, 15) is 0 Å². The third-order valence-corrected chi connectivity index (χ3v) is 3.58. The lowest BCUT2D eigenvalue weighted by molar-refractivity contribution is 0.447. The molecule has 0 aliphatic carbocycles. The lowest BCUT2D eigenvalue weighted by Gasteiger charge is -2.28. The number of allylic oxidation sites excluding steroid dienone is 1. The van der Waals surface area contributed by atoms with E-state index >= 15 is 0 Å². The summed E-state index contributed by atoms with van der Waals surface area (Å²) >= 11 is 0. The van der Waals surface area contributed by atoms with Gasteiger partial charge < -0.3 is 0 Å². The lowest BCUT2D eigenvalue weighted by Crippen LogP contribution is -2.26. The van der Waals surface area contributed by atoms with Gasteiger partial charge in [-0.25, -0.2) is 9.66 Å². The fourth-order valence-electron chi connectivity index (χ4n) is 2.09. The van der Waals surface area contributed by atoms with Crippen LogP contribution in [0.25, 0.3) is 6.08 Å². The number of hydrogen-bond donors (Lipinski definition) is 0. The first-order valence-corrected chi connectivity index (χ1v) is 7.10. The van der Waals surface area contributed by atoms with Crippen LogP contribution < -0.4 is 0 Å². The number of imidazole rings is 1. The molecule has 0 atom stereocenters. The molecule has 0 unspecified atom stereocenters. The second kappa shape index (κ2) is 5.78. The minimum atomic E-state index is -0.0333. The van der Waals surface area contributed by atoms with Gasteiger partial charge in [0, 0.05) is 17.0 Å². The van der Waals surface area contributed by atoms with Crippen molar-refractivity contribution in [1.29, 1.82) is 0 Å². The number of aromatic nitrogens is 2. The van der Waals surface area contributed by atoms with Gasteiger partial charge in [0.05, 0.1) is 11.4 Å². The van der Waals surface area contributed by atoms with Crippen LogP contribution in [0.3, 0.4) is 0 Å². The molecular weight excluding hydrogens is 246 g/mol. The molecule has 0 saturated carbocycles. The Balaban J connectivity index is 3.71. The summed E-state index contributed by atoms with van der Waals surface area (Å²) in [6, 6.07) is 0. The van der Waals surface area contributed by atoms with E-state index in [2.05, 4.69) is 59.8 Å². The molecular formula is C17H27N3. The highest BCUT2D eigenvalue weighted by molar-refractivity contribution is 5.70. The van der Waals surface area contributed by atoms with E-state index in [1.165, 1.54) is 0 Å². The molecule has 0 bridgehead atoms. The smallest absolute Gasteiger partial charge is 0.153 e. The zero-order chi connectivity index (χ0) is 15.6. The first kappa shape index (κ1) is 16.4. The van der Waals surface area contributed by atoms with Gasteiger partial charge in [0.1, 0.15) is 0 Å². The monoisotopic (exact) mass is 273 g/mol. The van der Waals surface area contributed by atoms with Crippen LogP contribution in [-0.4, -0.2) is 15.9 Å². The van der Waals surface area contributed by atoms with E-state index in [-0.39, 0.29) is 10.8 Å². The van der Waals surface area contributed by atoms with E-state index in [1.807, 2.05) is 4.68 Å². The highest BCUT2D eigenvalue weighted by Gasteiger charge is 2.33. The summed E-state index contributed by atoms with van der Waals surface area (Å²) in [6.45, 7) is 20.7. The van der Waals surface area contributed by atoms with Crippen molar-refractivity contribution in [2.45, 2.75) is 58.8 Å². The molecule has 0 saturated heterocycles. The molecule has 3 heteroatoms. The van der Waals surface area contributed by atoms with Gasteiger partial charge in [-0.2, -0.15) is 5.10 Å². The summed E-state index contributed by atoms with van der Waals surface area (Å²) in [7, 11) is 0. The molecule has 1 rings (SSSR count). The minimum absolute atomic E-state index is 0.00458. The van der Waals surface area contributed by atoms with Gasteiger partial charge in [-0.15, -0.1) is 0 Å². The first-order valence-electron chi connectivity index (χ1n) is 7.10. The predicted octanol–water partition coefficient (Wildman–Crippen LogP) is 4.53. The Bertz CT molecular complexity index is 525. The summed E-state index contributed by atoms with van der Waals surface area (Å²) in [5, 5.41) is 4.48. The normalized spacial score (nSPS) is 12.9. The molecule has 0 amide bonds. The number of rotatable bonds is 5. The third-order valence-electron chi connectivity index (χ3n) is 3.58. The molecule has 1 heterocycles. The summed E-state index contributed by atoms with van der Waals surface area (Å²) in [6.07, 6.45) is 6.13. The van der Waals surface area contributed by atoms with Gasteiger partial charge in [-0.1, -0.05) is 54.7 Å². The fraction of sp³-hybridized carbons (Fsp3) is 0.529. The van der Waals surface area contributed by atoms with Crippen molar-refractivity contribution in [1.82, 2.24) is 9.66 Å². The Morgan fingerprint density at radius 3 is 2.20 bits per heavy atom. The summed E-state index contributed by atoms with van der Waals surface area (Å²) in [5.74, 6) is 0.782. The lowest BCUT2D eigenvalue weighted by atomic mass is 9.79. The Labute approximate surface area is 123 Å². The molecule has 110 valence electrons. The quantitative estimate of drug-likeness (QED) is 0.725. The average Bonchev–Trinajstić information content (AvgIpc) is 2.75. The van der Waals surface area contributed by atoms with Gasteiger partial charge in [0.15, 0.2) is 5.82 Å². The molecule has 0 N–H and O–H groups in total. The van der Waals surface area contributed by atoms with Crippen molar-refractivity contribution in [3.05, 3.63) is 36.4 Å². The Morgan fingerprint density at radius 2 is 1.80 bits per heavy atom. The zero-order valence-electron chi connectivity index (χ0n) is 13.7. The second-order valence-electron chi connectivity index (χ2n) is 6.67. The van der Waals surface area contributed by atoms with E-state index in [4.69, 9.17) is 4.98 Å². The standard InChI is InChI=1S/C17H27N3/c1-9-12-18-20-13(10-2)19-14(16(4,5)6)15(20)17(7,8)11-3/h9-10,12H,1-2,11H2,3-8H3/b18-12-. The van der Waals surface area contributed by atoms with Crippen LogP contribution in [0.2, 0.25) is 0 Å². The van der Waals surface area contributed by atoms with E-state index in [0.29, 0.717) is 0 Å². The maximum Gasteiger partial charge on any atom is 0.153 e. The molecule has 0 radical (unpaired) electrons. The second-order valence-corrected chi connectivity index (χ2v) is 6.67. The van der Waals surface area contributed by atoms with Crippen molar-refractivity contribution in [3.63, 3.8) is 0 Å². The van der Waals surface area contributed by atoms with E-state index in [0.717, 1.165) is 23.6 Å². The van der Waals surface area contributed by atoms with Crippen molar-refractivity contribution < 1.29 is 0 Å². The average molecular weight is 273 g/mol. The van der Waals surface area contributed by atoms with Crippen molar-refractivity contribution in [2.24, 2.45) is 5.10 Å². The van der Waals surface area contributed by atoms with E-state index in [1.54, 1.807) is 18.4 Å². The predicted molar refractivity (Wildman–Crippen MR) is 88.4 cm³/mol. The van der Waals surface area contributed by atoms with Gasteiger partial charge in [0.25, 0.3) is 0 Å². The summed E-state index contributed by atoms with van der Waals surface area (Å²) < 4.78 is 1.90. The highest BCUT2D eigenvalue weighted by atomic mass is 15.4. The van der Waals surface area contributed by atoms with E-state index < -0.39 is 0 Å². The van der Waals surface area contributed by atoms with Crippen molar-refractivity contribution in [3.8, 4) is 0 Å². The summed E-state index contributed by atoms with van der Waals surface area (Å²) in [5.41, 5.74) is 2.20. The Kier molecular flexibility index (Phi) is 4.74. The molecule has 3 nitrogen and oxygen atoms in total. The minimum Gasteiger partial charge on any atom is -0.231 e. The summed E-state index contributed by atoms with van der Waals surface area (Å²) in [4.78, 5) is 4.76.